The standard InChI is InChI=1S/C25H26N2O5/c1-25(2)15-20(28)19-14-16(11-12-21(19)32-25)26-22(29)10-4-3-7-13-27-23(30)17-8-5-6-9-18(17)24(27)31/h5-6,8-9,11-12,14H,3-4,7,10,13,15H2,1-2H3,(H,26,29). The summed E-state index contributed by atoms with van der Waals surface area (Å²) in [6.45, 7) is 4.09. The van der Waals surface area contributed by atoms with Crippen molar-refractivity contribution in [1.29, 1.82) is 0 Å². The molecule has 0 saturated heterocycles. The lowest BCUT2D eigenvalue weighted by Gasteiger charge is -2.31. The fourth-order valence-corrected chi connectivity index (χ4v) is 4.13. The molecule has 2 aromatic carbocycles. The van der Waals surface area contributed by atoms with Gasteiger partial charge in [0.2, 0.25) is 5.91 Å². The average Bonchev–Trinajstić information content (AvgIpc) is 2.98. The topological polar surface area (TPSA) is 92.8 Å². The molecule has 166 valence electrons. The highest BCUT2D eigenvalue weighted by Gasteiger charge is 2.34. The molecule has 2 heterocycles. The summed E-state index contributed by atoms with van der Waals surface area (Å²) in [5.41, 5.74) is 1.44. The fourth-order valence-electron chi connectivity index (χ4n) is 4.13. The Kier molecular flexibility index (Phi) is 5.82. The number of nitrogens with one attached hydrogen (secondary N) is 1. The first-order chi connectivity index (χ1) is 15.2. The molecule has 1 N–H and O–H groups in total. The molecule has 0 atom stereocenters. The van der Waals surface area contributed by atoms with Gasteiger partial charge in [-0.3, -0.25) is 24.1 Å². The van der Waals surface area contributed by atoms with Crippen molar-refractivity contribution in [3.8, 4) is 5.75 Å². The maximum atomic E-state index is 12.4. The van der Waals surface area contributed by atoms with Gasteiger partial charge in [0, 0.05) is 18.7 Å². The number of hydrogen-bond acceptors (Lipinski definition) is 5. The number of unbranched alkanes of at least 4 members (excludes halogenated alkanes) is 2. The monoisotopic (exact) mass is 434 g/mol. The number of amides is 3. The number of imide groups is 1. The number of ketones is 1. The van der Waals surface area contributed by atoms with Crippen molar-refractivity contribution >= 4 is 29.2 Å². The van der Waals surface area contributed by atoms with Gasteiger partial charge in [-0.05, 0) is 57.0 Å². The van der Waals surface area contributed by atoms with E-state index in [2.05, 4.69) is 5.32 Å². The number of Topliss-reactive ketones (excluding diaryl/α,β-unsaturated/α-hetero) is 1. The lowest BCUT2D eigenvalue weighted by atomic mass is 9.93. The van der Waals surface area contributed by atoms with Crippen LogP contribution < -0.4 is 10.1 Å². The van der Waals surface area contributed by atoms with Gasteiger partial charge in [0.15, 0.2) is 5.78 Å². The van der Waals surface area contributed by atoms with Gasteiger partial charge < -0.3 is 10.1 Å². The first-order valence-corrected chi connectivity index (χ1v) is 10.9. The molecule has 0 aliphatic carbocycles. The number of rotatable bonds is 7. The molecule has 0 bridgehead atoms. The molecule has 7 heteroatoms. The van der Waals surface area contributed by atoms with Crippen molar-refractivity contribution < 1.29 is 23.9 Å². The summed E-state index contributed by atoms with van der Waals surface area (Å²) in [4.78, 5) is 50.6. The maximum Gasteiger partial charge on any atom is 0.261 e. The van der Waals surface area contributed by atoms with E-state index in [1.165, 1.54) is 4.90 Å². The second-order valence-corrected chi connectivity index (χ2v) is 8.84. The quantitative estimate of drug-likeness (QED) is 0.520. The van der Waals surface area contributed by atoms with Crippen molar-refractivity contribution in [3.63, 3.8) is 0 Å². The van der Waals surface area contributed by atoms with Crippen LogP contribution in [0.4, 0.5) is 5.69 Å². The molecule has 0 saturated carbocycles. The second-order valence-electron chi connectivity index (χ2n) is 8.84. The predicted octanol–water partition coefficient (Wildman–Crippen LogP) is 4.23. The molecule has 0 aromatic heterocycles. The zero-order valence-electron chi connectivity index (χ0n) is 18.3. The molecule has 2 aromatic rings. The van der Waals surface area contributed by atoms with E-state index in [9.17, 15) is 19.2 Å². The van der Waals surface area contributed by atoms with Gasteiger partial charge >= 0.3 is 0 Å². The number of hydrogen-bond donors (Lipinski definition) is 1. The highest BCUT2D eigenvalue weighted by Crippen LogP contribution is 2.34. The third-order valence-electron chi connectivity index (χ3n) is 5.70. The summed E-state index contributed by atoms with van der Waals surface area (Å²) in [7, 11) is 0. The molecule has 3 amide bonds. The van der Waals surface area contributed by atoms with Gasteiger partial charge in [-0.15, -0.1) is 0 Å². The van der Waals surface area contributed by atoms with Crippen LogP contribution in [0.15, 0.2) is 42.5 Å². The number of carbonyl (C=O) groups is 4. The number of carbonyl (C=O) groups excluding carboxylic acids is 4. The molecular weight excluding hydrogens is 408 g/mol. The third-order valence-corrected chi connectivity index (χ3v) is 5.70. The van der Waals surface area contributed by atoms with Gasteiger partial charge in [-0.25, -0.2) is 0 Å². The molecule has 2 aliphatic heterocycles. The molecule has 2 aliphatic rings. The molecule has 0 fully saturated rings. The molecule has 0 radical (unpaired) electrons. The number of nitrogens with zero attached hydrogens (tertiary/aromatic N) is 1. The summed E-state index contributed by atoms with van der Waals surface area (Å²) < 4.78 is 5.83. The van der Waals surface area contributed by atoms with Gasteiger partial charge in [0.1, 0.15) is 11.4 Å². The highest BCUT2D eigenvalue weighted by molar-refractivity contribution is 6.21. The van der Waals surface area contributed by atoms with E-state index in [-0.39, 0.29) is 23.5 Å². The zero-order valence-corrected chi connectivity index (χ0v) is 18.3. The lowest BCUT2D eigenvalue weighted by Crippen LogP contribution is -2.35. The smallest absolute Gasteiger partial charge is 0.261 e. The van der Waals surface area contributed by atoms with Crippen LogP contribution in [0.3, 0.4) is 0 Å². The normalized spacial score (nSPS) is 16.4. The average molecular weight is 434 g/mol. The summed E-state index contributed by atoms with van der Waals surface area (Å²) >= 11 is 0. The van der Waals surface area contributed by atoms with E-state index in [0.29, 0.717) is 66.8 Å². The summed E-state index contributed by atoms with van der Waals surface area (Å²) in [6, 6.07) is 11.9. The Bertz CT molecular complexity index is 1070. The van der Waals surface area contributed by atoms with Crippen molar-refractivity contribution in [2.24, 2.45) is 0 Å². The number of anilines is 1. The molecule has 4 rings (SSSR count). The van der Waals surface area contributed by atoms with E-state index in [1.807, 2.05) is 13.8 Å². The van der Waals surface area contributed by atoms with E-state index in [0.717, 1.165) is 0 Å². The van der Waals surface area contributed by atoms with Crippen molar-refractivity contribution in [2.45, 2.75) is 51.6 Å². The molecular formula is C25H26N2O5. The third kappa shape index (κ3) is 4.42. The number of benzene rings is 2. The van der Waals surface area contributed by atoms with Crippen LogP contribution in [0.2, 0.25) is 0 Å². The summed E-state index contributed by atoms with van der Waals surface area (Å²) in [6.07, 6.45) is 2.60. The van der Waals surface area contributed by atoms with Crippen LogP contribution >= 0.6 is 0 Å². The van der Waals surface area contributed by atoms with E-state index in [4.69, 9.17) is 4.74 Å². The van der Waals surface area contributed by atoms with Crippen molar-refractivity contribution in [1.82, 2.24) is 4.90 Å². The minimum Gasteiger partial charge on any atom is -0.487 e. The van der Waals surface area contributed by atoms with Gasteiger partial charge in [0.05, 0.1) is 23.1 Å². The van der Waals surface area contributed by atoms with Crippen LogP contribution in [-0.2, 0) is 4.79 Å². The number of ether oxygens (including phenoxy) is 1. The van der Waals surface area contributed by atoms with Crippen molar-refractivity contribution in [2.75, 3.05) is 11.9 Å². The van der Waals surface area contributed by atoms with Crippen LogP contribution in [0.25, 0.3) is 0 Å². The molecule has 0 unspecified atom stereocenters. The zero-order chi connectivity index (χ0) is 22.9. The Hall–Kier alpha value is -3.48. The van der Waals surface area contributed by atoms with Crippen molar-refractivity contribution in [3.05, 3.63) is 59.2 Å². The van der Waals surface area contributed by atoms with Gasteiger partial charge in [-0.1, -0.05) is 18.6 Å². The Balaban J connectivity index is 1.22. The Labute approximate surface area is 186 Å². The molecule has 0 spiro atoms. The first kappa shape index (κ1) is 21.7. The van der Waals surface area contributed by atoms with E-state index >= 15 is 0 Å². The van der Waals surface area contributed by atoms with Crippen LogP contribution in [0.1, 0.15) is 77.0 Å². The highest BCUT2D eigenvalue weighted by atomic mass is 16.5. The summed E-state index contributed by atoms with van der Waals surface area (Å²) in [5, 5.41) is 2.83. The van der Waals surface area contributed by atoms with E-state index < -0.39 is 5.60 Å². The minimum atomic E-state index is -0.526. The van der Waals surface area contributed by atoms with E-state index in [1.54, 1.807) is 42.5 Å². The largest absolute Gasteiger partial charge is 0.487 e. The van der Waals surface area contributed by atoms with Crippen LogP contribution in [-0.4, -0.2) is 40.6 Å². The second kappa shape index (κ2) is 8.57. The van der Waals surface area contributed by atoms with Gasteiger partial charge in [-0.2, -0.15) is 0 Å². The molecule has 32 heavy (non-hydrogen) atoms. The number of fused-ring (bicyclic) bond motifs is 2. The lowest BCUT2D eigenvalue weighted by molar-refractivity contribution is -0.116. The van der Waals surface area contributed by atoms with Crippen LogP contribution in [0, 0.1) is 0 Å². The Morgan fingerprint density at radius 1 is 0.969 bits per heavy atom. The maximum absolute atomic E-state index is 12.4. The molecule has 7 nitrogen and oxygen atoms in total. The SMILES string of the molecule is CC1(C)CC(=O)c2cc(NC(=O)CCCCCN3C(=O)c4ccccc4C3=O)ccc2O1. The Morgan fingerprint density at radius 2 is 1.66 bits per heavy atom. The first-order valence-electron chi connectivity index (χ1n) is 10.9. The predicted molar refractivity (Wildman–Crippen MR) is 119 cm³/mol. The fraction of sp³-hybridized carbons (Fsp3) is 0.360. The van der Waals surface area contributed by atoms with Gasteiger partial charge in [0.25, 0.3) is 11.8 Å². The minimum absolute atomic E-state index is 0.000469. The summed E-state index contributed by atoms with van der Waals surface area (Å²) in [5.74, 6) is -0.108. The van der Waals surface area contributed by atoms with Crippen LogP contribution in [0.5, 0.6) is 5.75 Å². The Morgan fingerprint density at radius 3 is 2.34 bits per heavy atom.